The molecule has 2 fully saturated rings. The van der Waals surface area contributed by atoms with Crippen LogP contribution < -0.4 is 5.32 Å². The number of hydrogen-bond donors (Lipinski definition) is 1. The van der Waals surface area contributed by atoms with E-state index in [-0.39, 0.29) is 12.0 Å². The number of pyridine rings is 1. The number of carbonyl (C=O) groups is 1. The van der Waals surface area contributed by atoms with Crippen LogP contribution in [0, 0.1) is 0 Å². The Balaban J connectivity index is 1.73. The van der Waals surface area contributed by atoms with Crippen LogP contribution in [-0.2, 0) is 16.1 Å². The highest BCUT2D eigenvalue weighted by molar-refractivity contribution is 5.81. The quantitative estimate of drug-likeness (QED) is 0.920. The number of morpholine rings is 1. The standard InChI is InChI=1S/C17H25N3O2/c21-17(16-12-19-9-10-22-16)20(15-6-2-1-3-7-15)13-14-5-4-8-18-11-14/h4-5,8,11,15-16,19H,1-3,6-7,9-10,12-13H2/t16-/m0/s1. The molecule has 1 saturated heterocycles. The summed E-state index contributed by atoms with van der Waals surface area (Å²) in [7, 11) is 0. The van der Waals surface area contributed by atoms with Gasteiger partial charge in [0.05, 0.1) is 6.61 Å². The molecule has 0 spiro atoms. The number of rotatable bonds is 4. The van der Waals surface area contributed by atoms with E-state index < -0.39 is 0 Å². The molecule has 1 N–H and O–H groups in total. The molecule has 0 aromatic carbocycles. The maximum Gasteiger partial charge on any atom is 0.253 e. The second-order valence-electron chi connectivity index (χ2n) is 6.18. The summed E-state index contributed by atoms with van der Waals surface area (Å²) in [5.41, 5.74) is 1.09. The van der Waals surface area contributed by atoms with Gasteiger partial charge in [-0.1, -0.05) is 25.3 Å². The highest BCUT2D eigenvalue weighted by atomic mass is 16.5. The molecule has 0 unspecified atom stereocenters. The number of nitrogens with zero attached hydrogens (tertiary/aromatic N) is 2. The Morgan fingerprint density at radius 3 is 2.91 bits per heavy atom. The first kappa shape index (κ1) is 15.4. The van der Waals surface area contributed by atoms with Crippen LogP contribution in [0.5, 0.6) is 0 Å². The van der Waals surface area contributed by atoms with Gasteiger partial charge in [-0.05, 0) is 24.5 Å². The molecule has 1 aromatic rings. The van der Waals surface area contributed by atoms with E-state index in [4.69, 9.17) is 4.74 Å². The molecule has 1 saturated carbocycles. The normalized spacial score (nSPS) is 23.2. The third-order valence-electron chi connectivity index (χ3n) is 4.58. The summed E-state index contributed by atoms with van der Waals surface area (Å²) < 4.78 is 5.68. The van der Waals surface area contributed by atoms with Crippen LogP contribution in [0.25, 0.3) is 0 Å². The van der Waals surface area contributed by atoms with E-state index in [1.807, 2.05) is 23.2 Å². The van der Waals surface area contributed by atoms with Gasteiger partial charge in [-0.15, -0.1) is 0 Å². The van der Waals surface area contributed by atoms with Gasteiger partial charge in [0.15, 0.2) is 0 Å². The van der Waals surface area contributed by atoms with Gasteiger partial charge in [0.1, 0.15) is 6.10 Å². The fraction of sp³-hybridized carbons (Fsp3) is 0.647. The molecular formula is C17H25N3O2. The molecule has 5 heteroatoms. The molecule has 1 aliphatic carbocycles. The Kier molecular flexibility index (Phi) is 5.40. The minimum Gasteiger partial charge on any atom is -0.366 e. The topological polar surface area (TPSA) is 54.5 Å². The van der Waals surface area contributed by atoms with E-state index in [1.165, 1.54) is 19.3 Å². The zero-order valence-corrected chi connectivity index (χ0v) is 13.0. The van der Waals surface area contributed by atoms with Gasteiger partial charge in [-0.2, -0.15) is 0 Å². The predicted octanol–water partition coefficient (Wildman–Crippen LogP) is 1.73. The van der Waals surface area contributed by atoms with Crippen molar-refractivity contribution in [1.29, 1.82) is 0 Å². The average Bonchev–Trinajstić information content (AvgIpc) is 2.61. The molecule has 0 bridgehead atoms. The lowest BCUT2D eigenvalue weighted by Crippen LogP contribution is -2.52. The fourth-order valence-corrected chi connectivity index (χ4v) is 3.38. The van der Waals surface area contributed by atoms with Gasteiger partial charge in [0.25, 0.3) is 5.91 Å². The summed E-state index contributed by atoms with van der Waals surface area (Å²) in [5, 5.41) is 3.25. The van der Waals surface area contributed by atoms with E-state index >= 15 is 0 Å². The molecule has 22 heavy (non-hydrogen) atoms. The SMILES string of the molecule is O=C([C@@H]1CNCCO1)N(Cc1cccnc1)C1CCCCC1. The molecule has 2 aliphatic rings. The summed E-state index contributed by atoms with van der Waals surface area (Å²) in [6.45, 7) is 2.70. The molecular weight excluding hydrogens is 278 g/mol. The Hall–Kier alpha value is -1.46. The lowest BCUT2D eigenvalue weighted by atomic mass is 9.93. The van der Waals surface area contributed by atoms with Gasteiger partial charge in [0.2, 0.25) is 0 Å². The summed E-state index contributed by atoms with van der Waals surface area (Å²) in [6, 6.07) is 4.31. The summed E-state index contributed by atoms with van der Waals surface area (Å²) in [6.07, 6.45) is 9.20. The third-order valence-corrected chi connectivity index (χ3v) is 4.58. The highest BCUT2D eigenvalue weighted by Crippen LogP contribution is 2.25. The number of hydrogen-bond acceptors (Lipinski definition) is 4. The average molecular weight is 303 g/mol. The summed E-state index contributed by atoms with van der Waals surface area (Å²) in [5.74, 6) is 0.128. The largest absolute Gasteiger partial charge is 0.366 e. The number of ether oxygens (including phenoxy) is 1. The summed E-state index contributed by atoms with van der Waals surface area (Å²) >= 11 is 0. The number of nitrogens with one attached hydrogen (secondary N) is 1. The molecule has 1 aromatic heterocycles. The van der Waals surface area contributed by atoms with Crippen LogP contribution in [0.4, 0.5) is 0 Å². The van der Waals surface area contributed by atoms with Crippen LogP contribution in [0.1, 0.15) is 37.7 Å². The molecule has 1 atom stereocenters. The van der Waals surface area contributed by atoms with Gasteiger partial charge in [-0.3, -0.25) is 9.78 Å². The number of aromatic nitrogens is 1. The van der Waals surface area contributed by atoms with Gasteiger partial charge in [-0.25, -0.2) is 0 Å². The predicted molar refractivity (Wildman–Crippen MR) is 84.3 cm³/mol. The maximum atomic E-state index is 12.9. The second kappa shape index (κ2) is 7.70. The van der Waals surface area contributed by atoms with E-state index in [0.29, 0.717) is 25.7 Å². The van der Waals surface area contributed by atoms with Crippen molar-refractivity contribution in [3.05, 3.63) is 30.1 Å². The molecule has 0 radical (unpaired) electrons. The zero-order chi connectivity index (χ0) is 15.2. The Morgan fingerprint density at radius 2 is 2.23 bits per heavy atom. The number of amides is 1. The van der Waals surface area contributed by atoms with Crippen LogP contribution >= 0.6 is 0 Å². The zero-order valence-electron chi connectivity index (χ0n) is 13.0. The van der Waals surface area contributed by atoms with Crippen molar-refractivity contribution in [2.24, 2.45) is 0 Å². The van der Waals surface area contributed by atoms with E-state index in [2.05, 4.69) is 10.3 Å². The second-order valence-corrected chi connectivity index (χ2v) is 6.18. The fourth-order valence-electron chi connectivity index (χ4n) is 3.38. The highest BCUT2D eigenvalue weighted by Gasteiger charge is 2.32. The molecule has 5 nitrogen and oxygen atoms in total. The Bertz CT molecular complexity index is 468. The maximum absolute atomic E-state index is 12.9. The molecule has 1 aliphatic heterocycles. The van der Waals surface area contributed by atoms with Gasteiger partial charge in [0, 0.05) is 38.1 Å². The van der Waals surface area contributed by atoms with Crippen molar-refractivity contribution in [3.8, 4) is 0 Å². The van der Waals surface area contributed by atoms with Crippen molar-refractivity contribution >= 4 is 5.91 Å². The van der Waals surface area contributed by atoms with Crippen molar-refractivity contribution < 1.29 is 9.53 Å². The first-order valence-electron chi connectivity index (χ1n) is 8.36. The van der Waals surface area contributed by atoms with Crippen molar-refractivity contribution in [1.82, 2.24) is 15.2 Å². The van der Waals surface area contributed by atoms with Crippen LogP contribution in [-0.4, -0.2) is 47.6 Å². The first-order valence-corrected chi connectivity index (χ1v) is 8.36. The molecule has 1 amide bonds. The van der Waals surface area contributed by atoms with E-state index in [9.17, 15) is 4.79 Å². The van der Waals surface area contributed by atoms with Crippen LogP contribution in [0.2, 0.25) is 0 Å². The lowest BCUT2D eigenvalue weighted by Gasteiger charge is -2.37. The van der Waals surface area contributed by atoms with Crippen LogP contribution in [0.15, 0.2) is 24.5 Å². The van der Waals surface area contributed by atoms with E-state index in [0.717, 1.165) is 24.9 Å². The molecule has 3 rings (SSSR count). The number of carbonyl (C=O) groups excluding carboxylic acids is 1. The lowest BCUT2D eigenvalue weighted by molar-refractivity contribution is -0.149. The minimum atomic E-state index is -0.340. The summed E-state index contributed by atoms with van der Waals surface area (Å²) in [4.78, 5) is 19.2. The van der Waals surface area contributed by atoms with Crippen molar-refractivity contribution in [2.45, 2.75) is 50.8 Å². The first-order chi connectivity index (χ1) is 10.8. The molecule has 2 heterocycles. The minimum absolute atomic E-state index is 0.128. The van der Waals surface area contributed by atoms with Crippen molar-refractivity contribution in [2.75, 3.05) is 19.7 Å². The molecule has 120 valence electrons. The monoisotopic (exact) mass is 303 g/mol. The van der Waals surface area contributed by atoms with E-state index in [1.54, 1.807) is 6.20 Å². The third kappa shape index (κ3) is 3.84. The van der Waals surface area contributed by atoms with Crippen molar-refractivity contribution in [3.63, 3.8) is 0 Å². The van der Waals surface area contributed by atoms with Crippen LogP contribution in [0.3, 0.4) is 0 Å². The van der Waals surface area contributed by atoms with Gasteiger partial charge < -0.3 is 15.0 Å². The Morgan fingerprint density at radius 1 is 1.36 bits per heavy atom. The van der Waals surface area contributed by atoms with Gasteiger partial charge >= 0.3 is 0 Å². The smallest absolute Gasteiger partial charge is 0.253 e. The Labute approximate surface area is 132 Å².